The molecule has 0 aliphatic carbocycles. The van der Waals surface area contributed by atoms with Crippen LogP contribution < -0.4 is 4.74 Å². The first-order valence-corrected chi connectivity index (χ1v) is 4.37. The van der Waals surface area contributed by atoms with Gasteiger partial charge in [0.2, 0.25) is 5.88 Å². The van der Waals surface area contributed by atoms with E-state index in [1.54, 1.807) is 0 Å². The van der Waals surface area contributed by atoms with Gasteiger partial charge in [0.15, 0.2) is 6.29 Å². The first-order valence-electron chi connectivity index (χ1n) is 3.58. The Bertz CT molecular complexity index is 357. The van der Waals surface area contributed by atoms with Crippen molar-refractivity contribution in [1.82, 2.24) is 4.98 Å². The molecule has 6 heteroatoms. The highest BCUT2D eigenvalue weighted by molar-refractivity contribution is 9.10. The molecule has 0 fully saturated rings. The normalized spacial score (nSPS) is 10.4. The van der Waals surface area contributed by atoms with Crippen molar-refractivity contribution in [3.8, 4) is 5.88 Å². The molecule has 0 aliphatic heterocycles. The second-order valence-corrected chi connectivity index (χ2v) is 3.22. The largest absolute Gasteiger partial charge is 0.481 e. The molecule has 0 N–H and O–H groups in total. The van der Waals surface area contributed by atoms with Crippen molar-refractivity contribution in [3.63, 3.8) is 0 Å². The van der Waals surface area contributed by atoms with E-state index in [0.29, 0.717) is 0 Å². The van der Waals surface area contributed by atoms with E-state index in [9.17, 15) is 13.6 Å². The molecule has 1 aromatic heterocycles. The Labute approximate surface area is 87.2 Å². The molecule has 0 spiro atoms. The Balaban J connectivity index is 3.34. The van der Waals surface area contributed by atoms with Gasteiger partial charge in [-0.05, 0) is 0 Å². The van der Waals surface area contributed by atoms with E-state index in [2.05, 4.69) is 20.9 Å². The van der Waals surface area contributed by atoms with Gasteiger partial charge in [0.05, 0.1) is 12.7 Å². The molecule has 0 aliphatic rings. The maximum absolute atomic E-state index is 12.4. The number of pyridine rings is 1. The van der Waals surface area contributed by atoms with Crippen molar-refractivity contribution in [2.45, 2.75) is 6.43 Å². The number of hydrogen-bond donors (Lipinski definition) is 0. The van der Waals surface area contributed by atoms with Gasteiger partial charge in [-0.2, -0.15) is 0 Å². The van der Waals surface area contributed by atoms with Gasteiger partial charge in [-0.1, -0.05) is 15.9 Å². The third-order valence-corrected chi connectivity index (χ3v) is 2.21. The van der Waals surface area contributed by atoms with Crippen LogP contribution in [0.3, 0.4) is 0 Å². The molecule has 0 saturated carbocycles. The lowest BCUT2D eigenvalue weighted by Gasteiger charge is -2.07. The lowest BCUT2D eigenvalue weighted by Crippen LogP contribution is -2.00. The number of carbonyl (C=O) groups is 1. The van der Waals surface area contributed by atoms with Crippen LogP contribution >= 0.6 is 15.9 Å². The predicted molar refractivity (Wildman–Crippen MR) is 48.8 cm³/mol. The second kappa shape index (κ2) is 4.45. The summed E-state index contributed by atoms with van der Waals surface area (Å²) in [4.78, 5) is 14.1. The molecule has 1 rings (SSSR count). The van der Waals surface area contributed by atoms with E-state index in [0.717, 1.165) is 0 Å². The SMILES string of the molecule is COc1cc(Br)c(C(F)F)c(C=O)n1. The van der Waals surface area contributed by atoms with Gasteiger partial charge in [0.1, 0.15) is 5.69 Å². The van der Waals surface area contributed by atoms with Gasteiger partial charge in [-0.25, -0.2) is 13.8 Å². The lowest BCUT2D eigenvalue weighted by atomic mass is 10.2. The molecular weight excluding hydrogens is 260 g/mol. The zero-order valence-corrected chi connectivity index (χ0v) is 8.72. The number of carbonyl (C=O) groups excluding carboxylic acids is 1. The Morgan fingerprint density at radius 2 is 2.29 bits per heavy atom. The van der Waals surface area contributed by atoms with Crippen LogP contribution in [0.15, 0.2) is 10.5 Å². The minimum absolute atomic E-state index is 0.112. The molecule has 0 amide bonds. The number of methoxy groups -OCH3 is 1. The van der Waals surface area contributed by atoms with E-state index in [-0.39, 0.29) is 22.3 Å². The zero-order chi connectivity index (χ0) is 10.7. The van der Waals surface area contributed by atoms with Gasteiger partial charge < -0.3 is 4.74 Å². The Kier molecular flexibility index (Phi) is 3.51. The van der Waals surface area contributed by atoms with Crippen LogP contribution in [0.1, 0.15) is 22.5 Å². The topological polar surface area (TPSA) is 39.2 Å². The van der Waals surface area contributed by atoms with E-state index < -0.39 is 12.0 Å². The molecule has 76 valence electrons. The summed E-state index contributed by atoms with van der Waals surface area (Å²) < 4.78 is 29.7. The average Bonchev–Trinajstić information content (AvgIpc) is 2.15. The highest BCUT2D eigenvalue weighted by Gasteiger charge is 2.19. The van der Waals surface area contributed by atoms with Crippen LogP contribution in [0, 0.1) is 0 Å². The average molecular weight is 266 g/mol. The van der Waals surface area contributed by atoms with Crippen LogP contribution in [-0.4, -0.2) is 18.4 Å². The Morgan fingerprint density at radius 1 is 1.64 bits per heavy atom. The number of rotatable bonds is 3. The minimum atomic E-state index is -2.75. The summed E-state index contributed by atoms with van der Waals surface area (Å²) in [5.41, 5.74) is -0.730. The third kappa shape index (κ3) is 2.06. The van der Waals surface area contributed by atoms with Crippen molar-refractivity contribution in [2.75, 3.05) is 7.11 Å². The van der Waals surface area contributed by atoms with Crippen LogP contribution in [-0.2, 0) is 0 Å². The third-order valence-electron chi connectivity index (χ3n) is 1.55. The molecule has 0 unspecified atom stereocenters. The summed E-state index contributed by atoms with van der Waals surface area (Å²) in [5.74, 6) is 0.114. The van der Waals surface area contributed by atoms with E-state index in [1.807, 2.05) is 0 Å². The molecule has 0 aromatic carbocycles. The maximum Gasteiger partial charge on any atom is 0.267 e. The number of halogens is 3. The highest BCUT2D eigenvalue weighted by atomic mass is 79.9. The number of nitrogens with zero attached hydrogens (tertiary/aromatic N) is 1. The Morgan fingerprint density at radius 3 is 2.71 bits per heavy atom. The number of aromatic nitrogens is 1. The number of hydrogen-bond acceptors (Lipinski definition) is 3. The quantitative estimate of drug-likeness (QED) is 0.789. The first kappa shape index (κ1) is 11.0. The molecular formula is C8H6BrF2NO2. The summed E-state index contributed by atoms with van der Waals surface area (Å²) >= 11 is 2.92. The van der Waals surface area contributed by atoms with E-state index in [1.165, 1.54) is 13.2 Å². The molecule has 1 aromatic rings. The van der Waals surface area contributed by atoms with Crippen LogP contribution in [0.4, 0.5) is 8.78 Å². The molecule has 0 atom stereocenters. The van der Waals surface area contributed by atoms with Gasteiger partial charge in [-0.3, -0.25) is 4.79 Å². The fraction of sp³-hybridized carbons (Fsp3) is 0.250. The summed E-state index contributed by atoms with van der Waals surface area (Å²) in [6.45, 7) is 0. The van der Waals surface area contributed by atoms with Crippen LogP contribution in [0.2, 0.25) is 0 Å². The number of aldehydes is 1. The molecule has 0 saturated heterocycles. The van der Waals surface area contributed by atoms with Crippen molar-refractivity contribution in [2.24, 2.45) is 0 Å². The van der Waals surface area contributed by atoms with Crippen molar-refractivity contribution < 1.29 is 18.3 Å². The molecule has 3 nitrogen and oxygen atoms in total. The van der Waals surface area contributed by atoms with Gasteiger partial charge >= 0.3 is 0 Å². The summed E-state index contributed by atoms with van der Waals surface area (Å²) in [6.07, 6.45) is -2.47. The summed E-state index contributed by atoms with van der Waals surface area (Å²) in [6, 6.07) is 1.29. The number of ether oxygens (including phenoxy) is 1. The maximum atomic E-state index is 12.4. The van der Waals surface area contributed by atoms with Crippen LogP contribution in [0.25, 0.3) is 0 Å². The van der Waals surface area contributed by atoms with Gasteiger partial charge in [-0.15, -0.1) is 0 Å². The van der Waals surface area contributed by atoms with Crippen molar-refractivity contribution >= 4 is 22.2 Å². The zero-order valence-electron chi connectivity index (χ0n) is 7.13. The van der Waals surface area contributed by atoms with E-state index >= 15 is 0 Å². The monoisotopic (exact) mass is 265 g/mol. The summed E-state index contributed by atoms with van der Waals surface area (Å²) in [5, 5.41) is 0. The first-order chi connectivity index (χ1) is 6.60. The van der Waals surface area contributed by atoms with Gasteiger partial charge in [0.25, 0.3) is 6.43 Å². The smallest absolute Gasteiger partial charge is 0.267 e. The van der Waals surface area contributed by atoms with Crippen LogP contribution in [0.5, 0.6) is 5.88 Å². The van der Waals surface area contributed by atoms with Gasteiger partial charge in [0, 0.05) is 10.5 Å². The highest BCUT2D eigenvalue weighted by Crippen LogP contribution is 2.31. The molecule has 0 bridgehead atoms. The fourth-order valence-corrected chi connectivity index (χ4v) is 1.50. The predicted octanol–water partition coefficient (Wildman–Crippen LogP) is 2.60. The van der Waals surface area contributed by atoms with E-state index in [4.69, 9.17) is 4.74 Å². The lowest BCUT2D eigenvalue weighted by molar-refractivity contribution is 0.110. The van der Waals surface area contributed by atoms with Crippen molar-refractivity contribution in [1.29, 1.82) is 0 Å². The molecule has 1 heterocycles. The molecule has 14 heavy (non-hydrogen) atoms. The van der Waals surface area contributed by atoms with Crippen molar-refractivity contribution in [3.05, 3.63) is 21.8 Å². The Hall–Kier alpha value is -1.04. The number of alkyl halides is 2. The standard InChI is InChI=1S/C8H6BrF2NO2/c1-14-6-2-4(9)7(8(10)11)5(3-13)12-6/h2-3,8H,1H3. The second-order valence-electron chi connectivity index (χ2n) is 2.36. The summed E-state index contributed by atoms with van der Waals surface area (Å²) in [7, 11) is 1.34. The molecule has 0 radical (unpaired) electrons. The minimum Gasteiger partial charge on any atom is -0.481 e. The fourth-order valence-electron chi connectivity index (χ4n) is 0.930.